The van der Waals surface area contributed by atoms with Gasteiger partial charge in [-0.3, -0.25) is 0 Å². The van der Waals surface area contributed by atoms with E-state index in [1.165, 1.54) is 0 Å². The van der Waals surface area contributed by atoms with E-state index in [0.717, 1.165) is 13.0 Å². The van der Waals surface area contributed by atoms with Gasteiger partial charge in [0.1, 0.15) is 0 Å². The third-order valence-electron chi connectivity index (χ3n) is 1.23. The number of rotatable bonds is 3. The van der Waals surface area contributed by atoms with Gasteiger partial charge in [0.2, 0.25) is 0 Å². The Morgan fingerprint density at radius 1 is 1.50 bits per heavy atom. The van der Waals surface area contributed by atoms with Crippen molar-refractivity contribution in [2.24, 2.45) is 0 Å². The Kier molecular flexibility index (Phi) is 4.72. The Bertz CT molecular complexity index is 104. The number of amides is 2. The van der Waals surface area contributed by atoms with Crippen LogP contribution < -0.4 is 5.32 Å². The molecule has 0 saturated heterocycles. The predicted molar refractivity (Wildman–Crippen MR) is 42.0 cm³/mol. The molecule has 1 N–H and O–H groups in total. The van der Waals surface area contributed by atoms with Crippen molar-refractivity contribution in [3.05, 3.63) is 0 Å². The van der Waals surface area contributed by atoms with Crippen LogP contribution in [0.2, 0.25) is 0 Å². The maximum atomic E-state index is 10.9. The monoisotopic (exact) mass is 144 g/mol. The summed E-state index contributed by atoms with van der Waals surface area (Å²) in [5.74, 6) is 0. The van der Waals surface area contributed by atoms with Gasteiger partial charge in [0.25, 0.3) is 0 Å². The van der Waals surface area contributed by atoms with Gasteiger partial charge in [-0.05, 0) is 13.3 Å². The molecule has 0 bridgehead atoms. The lowest BCUT2D eigenvalue weighted by Crippen LogP contribution is -2.37. The summed E-state index contributed by atoms with van der Waals surface area (Å²) < 4.78 is 0. The topological polar surface area (TPSA) is 32.3 Å². The summed E-state index contributed by atoms with van der Waals surface area (Å²) in [5, 5.41) is 2.72. The zero-order valence-corrected chi connectivity index (χ0v) is 6.98. The highest BCUT2D eigenvalue weighted by atomic mass is 16.2. The first-order chi connectivity index (χ1) is 4.72. The number of carbonyl (C=O) groups is 1. The van der Waals surface area contributed by atoms with Gasteiger partial charge >= 0.3 is 6.03 Å². The molecule has 0 radical (unpaired) electrons. The van der Waals surface area contributed by atoms with Crippen molar-refractivity contribution in [3.63, 3.8) is 0 Å². The van der Waals surface area contributed by atoms with Crippen LogP contribution >= 0.6 is 0 Å². The molecule has 0 spiro atoms. The predicted octanol–water partition coefficient (Wildman–Crippen LogP) is 1.06. The third kappa shape index (κ3) is 3.33. The first-order valence-electron chi connectivity index (χ1n) is 3.71. The summed E-state index contributed by atoms with van der Waals surface area (Å²) in [6, 6.07) is 0.0179. The summed E-state index contributed by atoms with van der Waals surface area (Å²) in [6.45, 7) is 5.49. The first kappa shape index (κ1) is 9.27. The van der Waals surface area contributed by atoms with Crippen molar-refractivity contribution < 1.29 is 4.79 Å². The largest absolute Gasteiger partial charge is 0.338 e. The lowest BCUT2D eigenvalue weighted by atomic mass is 10.4. The van der Waals surface area contributed by atoms with Crippen molar-refractivity contribution >= 4 is 6.03 Å². The van der Waals surface area contributed by atoms with Crippen LogP contribution in [-0.4, -0.2) is 31.1 Å². The zero-order chi connectivity index (χ0) is 7.98. The molecule has 0 aliphatic heterocycles. The molecule has 0 aliphatic carbocycles. The second-order valence-electron chi connectivity index (χ2n) is 2.26. The van der Waals surface area contributed by atoms with Crippen LogP contribution in [0.5, 0.6) is 0 Å². The van der Waals surface area contributed by atoms with Crippen molar-refractivity contribution in [2.75, 3.05) is 20.1 Å². The average Bonchev–Trinajstić information content (AvgIpc) is 1.89. The Labute approximate surface area is 62.4 Å². The molecular formula is C7H16N2O. The Balaban J connectivity index is 3.49. The Morgan fingerprint density at radius 3 is 2.50 bits per heavy atom. The van der Waals surface area contributed by atoms with E-state index in [9.17, 15) is 4.79 Å². The van der Waals surface area contributed by atoms with Gasteiger partial charge in [0.15, 0.2) is 0 Å². The molecule has 0 atom stereocenters. The van der Waals surface area contributed by atoms with Crippen LogP contribution in [0.25, 0.3) is 0 Å². The quantitative estimate of drug-likeness (QED) is 0.631. The second kappa shape index (κ2) is 5.09. The fourth-order valence-electron chi connectivity index (χ4n) is 0.723. The number of hydrogen-bond donors (Lipinski definition) is 1. The number of nitrogens with one attached hydrogen (secondary N) is 1. The standard InChI is InChI=1S/C7H16N2O/c1-4-6-9(3)7(10)8-5-2/h4-6H2,1-3H3,(H,8,10). The van der Waals surface area contributed by atoms with Gasteiger partial charge in [-0.1, -0.05) is 6.92 Å². The number of carbonyl (C=O) groups excluding carboxylic acids is 1. The third-order valence-corrected chi connectivity index (χ3v) is 1.23. The van der Waals surface area contributed by atoms with Gasteiger partial charge in [-0.2, -0.15) is 0 Å². The van der Waals surface area contributed by atoms with Crippen LogP contribution in [0.1, 0.15) is 20.3 Å². The van der Waals surface area contributed by atoms with Crippen molar-refractivity contribution in [1.29, 1.82) is 0 Å². The molecule has 60 valence electrons. The zero-order valence-electron chi connectivity index (χ0n) is 6.98. The average molecular weight is 144 g/mol. The van der Waals surface area contributed by atoms with Gasteiger partial charge in [-0.15, -0.1) is 0 Å². The fraction of sp³-hybridized carbons (Fsp3) is 0.857. The minimum Gasteiger partial charge on any atom is -0.338 e. The number of urea groups is 1. The van der Waals surface area contributed by atoms with Gasteiger partial charge in [-0.25, -0.2) is 4.79 Å². The Morgan fingerprint density at radius 2 is 2.10 bits per heavy atom. The Hall–Kier alpha value is -0.730. The van der Waals surface area contributed by atoms with Crippen LogP contribution in [-0.2, 0) is 0 Å². The van der Waals surface area contributed by atoms with Crippen LogP contribution in [0, 0.1) is 0 Å². The summed E-state index contributed by atoms with van der Waals surface area (Å²) >= 11 is 0. The molecular weight excluding hydrogens is 128 g/mol. The maximum Gasteiger partial charge on any atom is 0.317 e. The summed E-state index contributed by atoms with van der Waals surface area (Å²) in [4.78, 5) is 12.6. The fourth-order valence-corrected chi connectivity index (χ4v) is 0.723. The molecule has 0 saturated carbocycles. The van der Waals surface area contributed by atoms with Crippen LogP contribution in [0.3, 0.4) is 0 Å². The van der Waals surface area contributed by atoms with E-state index in [2.05, 4.69) is 12.2 Å². The molecule has 3 nitrogen and oxygen atoms in total. The maximum absolute atomic E-state index is 10.9. The SMILES string of the molecule is CCCN(C)C(=O)NCC. The summed E-state index contributed by atoms with van der Waals surface area (Å²) in [5.41, 5.74) is 0. The van der Waals surface area contributed by atoms with Crippen molar-refractivity contribution in [3.8, 4) is 0 Å². The molecule has 0 aromatic rings. The highest BCUT2D eigenvalue weighted by Gasteiger charge is 2.02. The van der Waals surface area contributed by atoms with E-state index in [1.54, 1.807) is 11.9 Å². The molecule has 0 rings (SSSR count). The van der Waals surface area contributed by atoms with Gasteiger partial charge in [0.05, 0.1) is 0 Å². The minimum atomic E-state index is 0.0179. The lowest BCUT2D eigenvalue weighted by molar-refractivity contribution is 0.209. The molecule has 0 fully saturated rings. The van der Waals surface area contributed by atoms with Gasteiger partial charge < -0.3 is 10.2 Å². The highest BCUT2D eigenvalue weighted by molar-refractivity contribution is 5.73. The number of hydrogen-bond acceptors (Lipinski definition) is 1. The van der Waals surface area contributed by atoms with E-state index in [0.29, 0.717) is 6.54 Å². The molecule has 10 heavy (non-hydrogen) atoms. The van der Waals surface area contributed by atoms with Crippen LogP contribution in [0.15, 0.2) is 0 Å². The molecule has 0 heterocycles. The molecule has 3 heteroatoms. The molecule has 0 aliphatic rings. The van der Waals surface area contributed by atoms with E-state index in [1.807, 2.05) is 6.92 Å². The van der Waals surface area contributed by atoms with Crippen LogP contribution in [0.4, 0.5) is 4.79 Å². The lowest BCUT2D eigenvalue weighted by Gasteiger charge is -2.15. The van der Waals surface area contributed by atoms with E-state index in [4.69, 9.17) is 0 Å². The van der Waals surface area contributed by atoms with E-state index >= 15 is 0 Å². The highest BCUT2D eigenvalue weighted by Crippen LogP contribution is 1.85. The molecule has 2 amide bonds. The van der Waals surface area contributed by atoms with Crippen molar-refractivity contribution in [2.45, 2.75) is 20.3 Å². The normalized spacial score (nSPS) is 9.10. The minimum absolute atomic E-state index is 0.0179. The summed E-state index contributed by atoms with van der Waals surface area (Å²) in [6.07, 6.45) is 1.01. The first-order valence-corrected chi connectivity index (χ1v) is 3.71. The molecule has 0 unspecified atom stereocenters. The van der Waals surface area contributed by atoms with E-state index < -0.39 is 0 Å². The second-order valence-corrected chi connectivity index (χ2v) is 2.26. The number of nitrogens with zero attached hydrogens (tertiary/aromatic N) is 1. The van der Waals surface area contributed by atoms with Crippen molar-refractivity contribution in [1.82, 2.24) is 10.2 Å². The van der Waals surface area contributed by atoms with Gasteiger partial charge in [0, 0.05) is 20.1 Å². The summed E-state index contributed by atoms with van der Waals surface area (Å²) in [7, 11) is 1.80. The molecule has 0 aromatic heterocycles. The smallest absolute Gasteiger partial charge is 0.317 e. The molecule has 0 aromatic carbocycles. The van der Waals surface area contributed by atoms with E-state index in [-0.39, 0.29) is 6.03 Å².